The summed E-state index contributed by atoms with van der Waals surface area (Å²) < 4.78 is 107. The Morgan fingerprint density at radius 3 is 1.18 bits per heavy atom. The zero-order chi connectivity index (χ0) is 17.0. The first kappa shape index (κ1) is 16.4. The van der Waals surface area contributed by atoms with Gasteiger partial charge in [-0.15, -0.1) is 0 Å². The highest BCUT2D eigenvalue weighted by atomic mass is 19.2. The average molecular weight is 330 g/mol. The molecule has 0 heterocycles. The van der Waals surface area contributed by atoms with Gasteiger partial charge in [0, 0.05) is 11.1 Å². The lowest BCUT2D eigenvalue weighted by molar-refractivity contribution is 0.178. The maximum atomic E-state index is 13.6. The first-order chi connectivity index (χ1) is 9.92. The predicted octanol–water partition coefficient (Wildman–Crippen LogP) is 3.57. The molecule has 2 nitrogen and oxygen atoms in total. The molecule has 0 amide bonds. The lowest BCUT2D eigenvalue weighted by Crippen LogP contribution is -2.39. The van der Waals surface area contributed by atoms with Crippen LogP contribution in [0.5, 0.6) is 0 Å². The molecule has 0 aliphatic heterocycles. The van der Waals surface area contributed by atoms with Crippen molar-refractivity contribution in [2.24, 2.45) is 11.5 Å². The first-order valence-corrected chi connectivity index (χ1v) is 5.49. The quantitative estimate of drug-likeness (QED) is 0.527. The maximum Gasteiger partial charge on any atom is 0.265 e. The second kappa shape index (κ2) is 4.78. The minimum absolute atomic E-state index is 0.105. The number of hydrogen-bond acceptors (Lipinski definition) is 2. The van der Waals surface area contributed by atoms with Gasteiger partial charge in [0.2, 0.25) is 0 Å². The zero-order valence-electron chi connectivity index (χ0n) is 10.3. The molecular weight excluding hydrogens is 324 g/mol. The number of halogens is 8. The Bertz CT molecular complexity index is 649. The zero-order valence-corrected chi connectivity index (χ0v) is 10.3. The summed E-state index contributed by atoms with van der Waals surface area (Å²) in [5.74, 6) is -21.4. The lowest BCUT2D eigenvalue weighted by atomic mass is 9.92. The second-order valence-electron chi connectivity index (χ2n) is 4.49. The van der Waals surface area contributed by atoms with Crippen molar-refractivity contribution in [3.8, 4) is 0 Å². The summed E-state index contributed by atoms with van der Waals surface area (Å²) in [7, 11) is 0. The van der Waals surface area contributed by atoms with Gasteiger partial charge in [0.05, 0.1) is 0 Å². The normalized spacial score (nSPS) is 36.6. The summed E-state index contributed by atoms with van der Waals surface area (Å²) in [5.41, 5.74) is 6.26. The molecule has 0 spiro atoms. The van der Waals surface area contributed by atoms with Crippen LogP contribution in [0.3, 0.4) is 0 Å². The fourth-order valence-corrected chi connectivity index (χ4v) is 1.75. The average Bonchev–Trinajstić information content (AvgIpc) is 2.44. The lowest BCUT2D eigenvalue weighted by Gasteiger charge is -2.25. The minimum Gasteiger partial charge on any atom is -0.287 e. The number of rotatable bonds is 0. The third-order valence-electron chi connectivity index (χ3n) is 3.02. The van der Waals surface area contributed by atoms with Crippen LogP contribution in [0, 0.1) is 0 Å². The molecule has 22 heavy (non-hydrogen) atoms. The van der Waals surface area contributed by atoms with Crippen LogP contribution >= 0.6 is 0 Å². The molecule has 2 unspecified atom stereocenters. The molecule has 2 rings (SSSR count). The van der Waals surface area contributed by atoms with Crippen LogP contribution in [0.25, 0.3) is 0 Å². The summed E-state index contributed by atoms with van der Waals surface area (Å²) in [6.07, 6.45) is -0.210. The van der Waals surface area contributed by atoms with Crippen LogP contribution in [0.15, 0.2) is 58.3 Å². The molecule has 0 saturated heterocycles. The van der Waals surface area contributed by atoms with Crippen molar-refractivity contribution in [1.29, 1.82) is 0 Å². The molecule has 0 saturated carbocycles. The molecule has 2 atom stereocenters. The van der Waals surface area contributed by atoms with E-state index in [0.29, 0.717) is 0 Å². The van der Waals surface area contributed by atoms with Gasteiger partial charge in [0.15, 0.2) is 35.0 Å². The third-order valence-corrected chi connectivity index (χ3v) is 3.02. The van der Waals surface area contributed by atoms with E-state index in [-0.39, 0.29) is 12.2 Å². The number of nitrogens with two attached hydrogens (primary N) is 2. The predicted molar refractivity (Wildman–Crippen MR) is 59.9 cm³/mol. The van der Waals surface area contributed by atoms with E-state index >= 15 is 0 Å². The minimum atomic E-state index is -3.94. The highest BCUT2D eigenvalue weighted by Crippen LogP contribution is 2.45. The Morgan fingerprint density at radius 2 is 0.909 bits per heavy atom. The summed E-state index contributed by atoms with van der Waals surface area (Å²) >= 11 is 0. The first-order valence-electron chi connectivity index (χ1n) is 5.49. The SMILES string of the molecule is NC1(F)C(F)=C/C(=C2/C=C(F)C(N)(F)C(F)=C2F)C(F)=C1F. The highest BCUT2D eigenvalue weighted by molar-refractivity contribution is 5.60. The maximum absolute atomic E-state index is 13.6. The Balaban J connectivity index is 2.77. The van der Waals surface area contributed by atoms with Crippen LogP contribution in [0.2, 0.25) is 0 Å². The molecule has 0 aromatic heterocycles. The summed E-state index contributed by atoms with van der Waals surface area (Å²) in [6, 6.07) is 0. The summed E-state index contributed by atoms with van der Waals surface area (Å²) in [5, 5.41) is 0. The molecule has 0 fully saturated rings. The van der Waals surface area contributed by atoms with Crippen molar-refractivity contribution < 1.29 is 35.1 Å². The molecule has 0 aromatic carbocycles. The van der Waals surface area contributed by atoms with Gasteiger partial charge in [-0.2, -0.15) is 0 Å². The molecule has 2 aliphatic rings. The third kappa shape index (κ3) is 2.10. The van der Waals surface area contributed by atoms with Gasteiger partial charge in [0.1, 0.15) is 0 Å². The molecule has 0 bridgehead atoms. The smallest absolute Gasteiger partial charge is 0.265 e. The van der Waals surface area contributed by atoms with Gasteiger partial charge >= 0.3 is 0 Å². The number of allylic oxidation sites excluding steroid dienone is 6. The summed E-state index contributed by atoms with van der Waals surface area (Å²) in [6.45, 7) is 0. The topological polar surface area (TPSA) is 52.0 Å². The Labute approximate surface area is 117 Å². The van der Waals surface area contributed by atoms with Gasteiger partial charge < -0.3 is 0 Å². The largest absolute Gasteiger partial charge is 0.287 e. The Kier molecular flexibility index (Phi) is 3.57. The van der Waals surface area contributed by atoms with Crippen LogP contribution < -0.4 is 11.5 Å². The van der Waals surface area contributed by atoms with Gasteiger partial charge in [-0.05, 0) is 12.2 Å². The van der Waals surface area contributed by atoms with Crippen molar-refractivity contribution in [2.45, 2.75) is 11.6 Å². The van der Waals surface area contributed by atoms with E-state index < -0.39 is 57.7 Å². The van der Waals surface area contributed by atoms with E-state index in [9.17, 15) is 35.1 Å². The molecule has 0 radical (unpaired) electrons. The standard InChI is InChI=1S/C12H6F8N2/c13-5-1-3(7(15)9(17)11(5,19)21)4-2-6(14)12(20,22)10(18)8(4)16/h1-2H,21-22H2/b4-3+. The van der Waals surface area contributed by atoms with Crippen molar-refractivity contribution in [1.82, 2.24) is 0 Å². The van der Waals surface area contributed by atoms with Gasteiger partial charge in [0.25, 0.3) is 11.6 Å². The fourth-order valence-electron chi connectivity index (χ4n) is 1.75. The Hall–Kier alpha value is -1.94. The van der Waals surface area contributed by atoms with Gasteiger partial charge in [-0.25, -0.2) is 35.1 Å². The van der Waals surface area contributed by atoms with E-state index in [0.717, 1.165) is 0 Å². The van der Waals surface area contributed by atoms with Crippen LogP contribution in [-0.4, -0.2) is 11.6 Å². The summed E-state index contributed by atoms with van der Waals surface area (Å²) in [4.78, 5) is 0. The van der Waals surface area contributed by atoms with E-state index in [1.165, 1.54) is 0 Å². The molecule has 120 valence electrons. The van der Waals surface area contributed by atoms with Crippen LogP contribution in [0.1, 0.15) is 0 Å². The number of hydrogen-bond donors (Lipinski definition) is 2. The van der Waals surface area contributed by atoms with Crippen molar-refractivity contribution >= 4 is 0 Å². The van der Waals surface area contributed by atoms with Crippen molar-refractivity contribution in [3.05, 3.63) is 58.3 Å². The van der Waals surface area contributed by atoms with E-state index in [1.807, 2.05) is 0 Å². The van der Waals surface area contributed by atoms with Gasteiger partial charge in [-0.1, -0.05) is 0 Å². The number of alkyl halides is 2. The Morgan fingerprint density at radius 1 is 0.636 bits per heavy atom. The molecule has 0 aromatic rings. The van der Waals surface area contributed by atoms with Crippen molar-refractivity contribution in [3.63, 3.8) is 0 Å². The molecule has 2 aliphatic carbocycles. The van der Waals surface area contributed by atoms with Crippen LogP contribution in [-0.2, 0) is 0 Å². The van der Waals surface area contributed by atoms with E-state index in [1.54, 1.807) is 0 Å². The van der Waals surface area contributed by atoms with E-state index in [4.69, 9.17) is 0 Å². The second-order valence-corrected chi connectivity index (χ2v) is 4.49. The monoisotopic (exact) mass is 330 g/mol. The molecular formula is C12H6F8N2. The molecule has 4 N–H and O–H groups in total. The van der Waals surface area contributed by atoms with E-state index in [2.05, 4.69) is 11.5 Å². The fraction of sp³-hybridized carbons (Fsp3) is 0.167. The highest BCUT2D eigenvalue weighted by Gasteiger charge is 2.47. The van der Waals surface area contributed by atoms with Crippen molar-refractivity contribution in [2.75, 3.05) is 0 Å². The van der Waals surface area contributed by atoms with Gasteiger partial charge in [-0.3, -0.25) is 11.5 Å². The molecule has 10 heteroatoms. The van der Waals surface area contributed by atoms with Crippen LogP contribution in [0.4, 0.5) is 35.1 Å².